The molecule has 5 aliphatic heterocycles. The number of aryl methyl sites for hydroxylation is 3. The van der Waals surface area contributed by atoms with Gasteiger partial charge in [0.25, 0.3) is 5.91 Å². The number of imide groups is 1. The Morgan fingerprint density at radius 1 is 0.565 bits per heavy atom. The first-order valence-corrected chi connectivity index (χ1v) is 29.1. The van der Waals surface area contributed by atoms with Gasteiger partial charge in [-0.2, -0.15) is 0 Å². The van der Waals surface area contributed by atoms with Crippen LogP contribution in [0.3, 0.4) is 0 Å². The number of fused-ring (bicyclic) bond motifs is 1. The summed E-state index contributed by atoms with van der Waals surface area (Å²) in [5.74, 6) is 0.182. The van der Waals surface area contributed by atoms with Gasteiger partial charge < -0.3 is 10.2 Å². The van der Waals surface area contributed by atoms with E-state index in [1.807, 2.05) is 12.1 Å². The second-order valence-corrected chi connectivity index (χ2v) is 21.5. The van der Waals surface area contributed by atoms with Crippen molar-refractivity contribution in [3.63, 3.8) is 0 Å². The average molecular weight is 1160 g/mol. The van der Waals surface area contributed by atoms with Gasteiger partial charge in [0.05, 0.1) is 0 Å². The predicted molar refractivity (Wildman–Crippen MR) is 302 cm³/mol. The first-order valence-electron chi connectivity index (χ1n) is 24.8. The van der Waals surface area contributed by atoms with Gasteiger partial charge in [-0.1, -0.05) is 161 Å². The van der Waals surface area contributed by atoms with Crippen LogP contribution in [0.5, 0.6) is 0 Å². The van der Waals surface area contributed by atoms with Crippen LogP contribution in [0.25, 0.3) is 0 Å². The van der Waals surface area contributed by atoms with E-state index >= 15 is 0 Å². The summed E-state index contributed by atoms with van der Waals surface area (Å²) in [5, 5.41) is 8.69. The second-order valence-electron chi connectivity index (χ2n) is 18.2. The lowest BCUT2D eigenvalue weighted by Crippen LogP contribution is -2.52. The van der Waals surface area contributed by atoms with Crippen LogP contribution < -0.4 is 10.6 Å². The van der Waals surface area contributed by atoms with Crippen LogP contribution >= 0.6 is 59.6 Å². The first kappa shape index (κ1) is 58.7. The van der Waals surface area contributed by atoms with Gasteiger partial charge in [0.2, 0.25) is 11.8 Å². The third kappa shape index (κ3) is 19.9. The number of carbonyl (C=O) groups excluding carboxylic acids is 3. The van der Waals surface area contributed by atoms with Gasteiger partial charge in [-0.05, 0) is 155 Å². The van der Waals surface area contributed by atoms with Crippen LogP contribution in [-0.2, 0) is 53.8 Å². The molecular formula is C57H80Br3N5O3S. The van der Waals surface area contributed by atoms with Gasteiger partial charge in [0.15, 0.2) is 0 Å². The number of amides is 3. The Kier molecular flexibility index (Phi) is 28.1. The van der Waals surface area contributed by atoms with E-state index < -0.39 is 6.04 Å². The number of halogens is 3. The summed E-state index contributed by atoms with van der Waals surface area (Å²) in [6.07, 6.45) is 16.2. The molecule has 8 nitrogen and oxygen atoms in total. The SMILES string of the molecule is BrCCc1ccc(CBr)cc1.BrCCc1ccc(CN2CCCCC2)cc1.C.C.C1CCNCC1.O=C1CCC(N2Cc3c(SCCc4ccc(CN5CCCCC5)cc4)cccc3C2=O)C(=O)N1. The van der Waals surface area contributed by atoms with Crippen molar-refractivity contribution in [3.8, 4) is 0 Å². The highest BCUT2D eigenvalue weighted by atomic mass is 79.9. The molecule has 5 heterocycles. The monoisotopic (exact) mass is 1150 g/mol. The largest absolute Gasteiger partial charge is 0.322 e. The van der Waals surface area contributed by atoms with Gasteiger partial charge in [0, 0.05) is 58.3 Å². The van der Waals surface area contributed by atoms with Crippen molar-refractivity contribution in [1.29, 1.82) is 0 Å². The Bertz CT molecular complexity index is 2080. The number of thioether (sulfide) groups is 1. The molecule has 69 heavy (non-hydrogen) atoms. The number of rotatable bonds is 14. The molecule has 9 rings (SSSR count). The average Bonchev–Trinajstić information content (AvgIpc) is 3.71. The van der Waals surface area contributed by atoms with Crippen molar-refractivity contribution in [2.45, 2.75) is 141 Å². The first-order chi connectivity index (χ1) is 32.8. The fraction of sp³-hybridized carbons (Fsp3) is 0.526. The minimum atomic E-state index is -0.570. The van der Waals surface area contributed by atoms with E-state index in [1.165, 1.54) is 130 Å². The van der Waals surface area contributed by atoms with Crippen LogP contribution in [0.2, 0.25) is 0 Å². The molecule has 4 aromatic carbocycles. The van der Waals surface area contributed by atoms with Crippen molar-refractivity contribution in [2.24, 2.45) is 0 Å². The summed E-state index contributed by atoms with van der Waals surface area (Å²) in [6.45, 7) is 10.1. The number of alkyl halides is 3. The highest BCUT2D eigenvalue weighted by Gasteiger charge is 2.39. The minimum Gasteiger partial charge on any atom is -0.322 e. The predicted octanol–water partition coefficient (Wildman–Crippen LogP) is 12.9. The summed E-state index contributed by atoms with van der Waals surface area (Å²) >= 11 is 12.1. The maximum Gasteiger partial charge on any atom is 0.255 e. The fourth-order valence-corrected chi connectivity index (χ4v) is 11.5. The molecule has 12 heteroatoms. The van der Waals surface area contributed by atoms with Crippen LogP contribution in [0, 0.1) is 0 Å². The Morgan fingerprint density at radius 2 is 1.04 bits per heavy atom. The van der Waals surface area contributed by atoms with Crippen molar-refractivity contribution >= 4 is 77.3 Å². The Morgan fingerprint density at radius 3 is 1.49 bits per heavy atom. The number of nitrogens with zero attached hydrogens (tertiary/aromatic N) is 3. The zero-order valence-electron chi connectivity index (χ0n) is 39.4. The molecule has 4 aromatic rings. The molecule has 0 bridgehead atoms. The molecule has 0 spiro atoms. The molecule has 0 radical (unpaired) electrons. The van der Waals surface area contributed by atoms with Crippen LogP contribution in [0.1, 0.15) is 135 Å². The molecule has 0 saturated carbocycles. The molecule has 4 fully saturated rings. The Hall–Kier alpha value is -2.84. The van der Waals surface area contributed by atoms with E-state index in [0.717, 1.165) is 64.6 Å². The number of likely N-dealkylation sites (tertiary alicyclic amines) is 2. The van der Waals surface area contributed by atoms with E-state index in [-0.39, 0.29) is 39.0 Å². The van der Waals surface area contributed by atoms with Gasteiger partial charge in [-0.15, -0.1) is 11.8 Å². The molecule has 378 valence electrons. The van der Waals surface area contributed by atoms with Gasteiger partial charge in [-0.3, -0.25) is 29.5 Å². The Labute approximate surface area is 445 Å². The molecule has 3 amide bonds. The molecule has 0 aliphatic carbocycles. The minimum absolute atomic E-state index is 0. The standard InChI is InChI=1S/C27H31N3O3S.C14H20BrN.C9H10Br2.C5H11N.2CH4/c31-25-12-11-23(26(32)28-25)30-18-22-21(27(30)33)5-4-6-24(22)34-16-13-19-7-9-20(10-8-19)17-29-14-2-1-3-15-29;15-9-8-13-4-6-14(7-5-13)12-16-10-2-1-3-11-16;10-6-5-8-1-3-9(7-11)4-2-8;1-2-4-6-5-3-1;;/h4-10,23H,1-3,11-18H2,(H,28,31,32);4-7H,1-3,8-12H2;1-4H,5-7H2;6H,1-5H2;2*1H4. The van der Waals surface area contributed by atoms with E-state index in [2.05, 4.69) is 147 Å². The maximum absolute atomic E-state index is 13.0. The molecule has 2 N–H and O–H groups in total. The molecule has 1 unspecified atom stereocenters. The van der Waals surface area contributed by atoms with E-state index in [4.69, 9.17) is 0 Å². The quantitative estimate of drug-likeness (QED) is 0.0739. The topological polar surface area (TPSA) is 85.0 Å². The van der Waals surface area contributed by atoms with Gasteiger partial charge in [-0.25, -0.2) is 0 Å². The maximum atomic E-state index is 13.0. The zero-order chi connectivity index (χ0) is 47.1. The lowest BCUT2D eigenvalue weighted by atomic mass is 10.0. The highest BCUT2D eigenvalue weighted by Crippen LogP contribution is 2.35. The summed E-state index contributed by atoms with van der Waals surface area (Å²) < 4.78 is 0. The summed E-state index contributed by atoms with van der Waals surface area (Å²) in [6, 6.07) is 32.0. The third-order valence-electron chi connectivity index (χ3n) is 13.1. The molecule has 1 atom stereocenters. The van der Waals surface area contributed by atoms with Gasteiger partial charge in [0.1, 0.15) is 6.04 Å². The number of benzene rings is 4. The van der Waals surface area contributed by atoms with Crippen LogP contribution in [0.4, 0.5) is 0 Å². The van der Waals surface area contributed by atoms with Crippen molar-refractivity contribution < 1.29 is 14.4 Å². The van der Waals surface area contributed by atoms with Crippen molar-refractivity contribution in [2.75, 3.05) is 55.7 Å². The lowest BCUT2D eigenvalue weighted by molar-refractivity contribution is -0.136. The van der Waals surface area contributed by atoms with Crippen LogP contribution in [-0.4, -0.2) is 94.1 Å². The summed E-state index contributed by atoms with van der Waals surface area (Å²) in [4.78, 5) is 44.6. The molecular weight excluding hydrogens is 1070 g/mol. The summed E-state index contributed by atoms with van der Waals surface area (Å²) in [5.41, 5.74) is 10.0. The van der Waals surface area contributed by atoms with E-state index in [1.54, 1.807) is 16.7 Å². The number of hydrogen-bond donors (Lipinski definition) is 2. The normalized spacial score (nSPS) is 18.1. The summed E-state index contributed by atoms with van der Waals surface area (Å²) in [7, 11) is 0. The Balaban J connectivity index is 0.000000244. The van der Waals surface area contributed by atoms with Gasteiger partial charge >= 0.3 is 0 Å². The van der Waals surface area contributed by atoms with Crippen molar-refractivity contribution in [3.05, 3.63) is 136 Å². The molecule has 5 aliphatic rings. The lowest BCUT2D eigenvalue weighted by Gasteiger charge is -2.29. The fourth-order valence-electron chi connectivity index (χ4n) is 9.16. The number of hydrogen-bond acceptors (Lipinski definition) is 7. The second kappa shape index (κ2) is 33.0. The smallest absolute Gasteiger partial charge is 0.255 e. The van der Waals surface area contributed by atoms with Crippen molar-refractivity contribution in [1.82, 2.24) is 25.3 Å². The van der Waals surface area contributed by atoms with E-state index in [0.29, 0.717) is 18.5 Å². The number of piperidine rings is 4. The molecule has 4 saturated heterocycles. The highest BCUT2D eigenvalue weighted by molar-refractivity contribution is 9.09. The zero-order valence-corrected chi connectivity index (χ0v) is 45.0. The number of carbonyl (C=O) groups is 3. The number of nitrogens with one attached hydrogen (secondary N) is 2. The third-order valence-corrected chi connectivity index (χ3v) is 15.6. The molecule has 0 aromatic heterocycles. The van der Waals surface area contributed by atoms with E-state index in [9.17, 15) is 14.4 Å². The van der Waals surface area contributed by atoms with Crippen LogP contribution in [0.15, 0.2) is 95.9 Å².